The highest BCUT2D eigenvalue weighted by Crippen LogP contribution is 2.40. The Labute approximate surface area is 166 Å². The van der Waals surface area contributed by atoms with Gasteiger partial charge in [-0.05, 0) is 93.3 Å². The van der Waals surface area contributed by atoms with E-state index < -0.39 is 0 Å². The molecule has 1 aliphatic heterocycles. The molecule has 5 heteroatoms. The van der Waals surface area contributed by atoms with Crippen LogP contribution in [0.1, 0.15) is 56.9 Å². The lowest BCUT2D eigenvalue weighted by Crippen LogP contribution is -2.45. The summed E-state index contributed by atoms with van der Waals surface area (Å²) in [4.78, 5) is 17.1. The van der Waals surface area contributed by atoms with Gasteiger partial charge in [0.25, 0.3) is 0 Å². The molecule has 2 aromatic rings. The Bertz CT molecular complexity index is 826. The van der Waals surface area contributed by atoms with Crippen LogP contribution >= 0.6 is 0 Å². The molecule has 0 radical (unpaired) electrons. The van der Waals surface area contributed by atoms with Crippen molar-refractivity contribution in [2.75, 3.05) is 13.1 Å². The predicted molar refractivity (Wildman–Crippen MR) is 110 cm³/mol. The second-order valence-corrected chi connectivity index (χ2v) is 8.49. The monoisotopic (exact) mass is 383 g/mol. The van der Waals surface area contributed by atoms with Crippen molar-refractivity contribution in [1.82, 2.24) is 15.6 Å². The van der Waals surface area contributed by atoms with Crippen LogP contribution in [0, 0.1) is 17.7 Å². The number of halogens is 1. The molecule has 1 atom stereocenters. The molecule has 4 nitrogen and oxygen atoms in total. The number of piperidine rings is 1. The molecule has 0 bridgehead atoms. The second-order valence-electron chi connectivity index (χ2n) is 8.49. The maximum absolute atomic E-state index is 13.8. The molecule has 2 aliphatic rings. The molecule has 0 spiro atoms. The first kappa shape index (κ1) is 19.3. The van der Waals surface area contributed by atoms with Gasteiger partial charge < -0.3 is 10.6 Å². The molecule has 1 saturated heterocycles. The van der Waals surface area contributed by atoms with Crippen molar-refractivity contribution in [3.8, 4) is 0 Å². The minimum atomic E-state index is -0.210. The molecular weight excluding hydrogens is 353 g/mol. The van der Waals surface area contributed by atoms with Gasteiger partial charge in [-0.3, -0.25) is 9.78 Å². The van der Waals surface area contributed by atoms with E-state index in [1.54, 1.807) is 12.1 Å². The highest BCUT2D eigenvalue weighted by Gasteiger charge is 2.31. The van der Waals surface area contributed by atoms with Crippen LogP contribution in [0.3, 0.4) is 0 Å². The standard InChI is InChI=1S/C23H30FN3O/c1-15(23(28)27-19-8-11-25-12-9-19)16-2-4-17(5-3-16)20-10-13-26-22-7-6-18(24)14-21(20)22/h6-7,10,13-17,19,25H,2-5,8-9,11-12H2,1H3,(H,27,28)/t15-,16?,17?/m1/s1. The normalized spacial score (nSPS) is 24.8. The summed E-state index contributed by atoms with van der Waals surface area (Å²) in [7, 11) is 0. The van der Waals surface area contributed by atoms with Crippen molar-refractivity contribution in [3.05, 3.63) is 41.8 Å². The van der Waals surface area contributed by atoms with Gasteiger partial charge in [-0.2, -0.15) is 0 Å². The molecule has 1 aromatic heterocycles. The fourth-order valence-corrected chi connectivity index (χ4v) is 4.94. The average Bonchev–Trinajstić information content (AvgIpc) is 2.73. The number of pyridine rings is 1. The molecule has 1 aliphatic carbocycles. The average molecular weight is 384 g/mol. The zero-order valence-electron chi connectivity index (χ0n) is 16.6. The minimum absolute atomic E-state index is 0.0578. The number of hydrogen-bond acceptors (Lipinski definition) is 3. The van der Waals surface area contributed by atoms with Crippen LogP contribution in [0.25, 0.3) is 10.9 Å². The quantitative estimate of drug-likeness (QED) is 0.834. The van der Waals surface area contributed by atoms with Crippen molar-refractivity contribution in [1.29, 1.82) is 0 Å². The molecule has 0 unspecified atom stereocenters. The smallest absolute Gasteiger partial charge is 0.223 e. The van der Waals surface area contributed by atoms with Crippen LogP contribution < -0.4 is 10.6 Å². The maximum atomic E-state index is 13.8. The fourth-order valence-electron chi connectivity index (χ4n) is 4.94. The Kier molecular flexibility index (Phi) is 5.90. The molecule has 4 rings (SSSR count). The zero-order valence-corrected chi connectivity index (χ0v) is 16.6. The van der Waals surface area contributed by atoms with E-state index in [4.69, 9.17) is 0 Å². The van der Waals surface area contributed by atoms with Crippen LogP contribution in [0.15, 0.2) is 30.5 Å². The summed E-state index contributed by atoms with van der Waals surface area (Å²) in [6, 6.07) is 7.20. The van der Waals surface area contributed by atoms with Crippen molar-refractivity contribution in [3.63, 3.8) is 0 Å². The molecule has 2 N–H and O–H groups in total. The van der Waals surface area contributed by atoms with Crippen LogP contribution in [0.2, 0.25) is 0 Å². The van der Waals surface area contributed by atoms with Gasteiger partial charge in [-0.15, -0.1) is 0 Å². The van der Waals surface area contributed by atoms with E-state index in [1.807, 2.05) is 12.3 Å². The number of rotatable bonds is 4. The van der Waals surface area contributed by atoms with Gasteiger partial charge in [0.2, 0.25) is 5.91 Å². The molecule has 2 fully saturated rings. The Hall–Kier alpha value is -2.01. The van der Waals surface area contributed by atoms with Crippen molar-refractivity contribution in [2.24, 2.45) is 11.8 Å². The number of benzene rings is 1. The third-order valence-corrected chi connectivity index (χ3v) is 6.76. The number of fused-ring (bicyclic) bond motifs is 1. The van der Waals surface area contributed by atoms with Crippen LogP contribution in [-0.2, 0) is 4.79 Å². The van der Waals surface area contributed by atoms with Gasteiger partial charge >= 0.3 is 0 Å². The Morgan fingerprint density at radius 2 is 1.89 bits per heavy atom. The lowest BCUT2D eigenvalue weighted by Gasteiger charge is -2.33. The summed E-state index contributed by atoms with van der Waals surface area (Å²) in [6.07, 6.45) is 8.07. The fraction of sp³-hybridized carbons (Fsp3) is 0.565. The Balaban J connectivity index is 1.38. The zero-order chi connectivity index (χ0) is 19.5. The van der Waals surface area contributed by atoms with E-state index in [0.717, 1.165) is 62.5 Å². The summed E-state index contributed by atoms with van der Waals surface area (Å²) in [5.74, 6) is 0.916. The largest absolute Gasteiger partial charge is 0.353 e. The molecular formula is C23H30FN3O. The van der Waals surface area contributed by atoms with E-state index in [2.05, 4.69) is 22.5 Å². The highest BCUT2D eigenvalue weighted by molar-refractivity contribution is 5.82. The molecule has 2 heterocycles. The number of carbonyl (C=O) groups is 1. The first-order valence-electron chi connectivity index (χ1n) is 10.7. The topological polar surface area (TPSA) is 54.0 Å². The lowest BCUT2D eigenvalue weighted by atomic mass is 9.73. The van der Waals surface area contributed by atoms with E-state index in [-0.39, 0.29) is 17.6 Å². The predicted octanol–water partition coefficient (Wildman–Crippen LogP) is 4.15. The van der Waals surface area contributed by atoms with Gasteiger partial charge in [0.15, 0.2) is 0 Å². The summed E-state index contributed by atoms with van der Waals surface area (Å²) in [5.41, 5.74) is 2.06. The Morgan fingerprint density at radius 1 is 1.14 bits per heavy atom. The van der Waals surface area contributed by atoms with E-state index in [0.29, 0.717) is 17.9 Å². The van der Waals surface area contributed by atoms with E-state index >= 15 is 0 Å². The van der Waals surface area contributed by atoms with E-state index in [1.165, 1.54) is 11.6 Å². The molecule has 1 amide bonds. The third-order valence-electron chi connectivity index (χ3n) is 6.76. The molecule has 28 heavy (non-hydrogen) atoms. The SMILES string of the molecule is C[C@@H](C(=O)NC1CCNCC1)C1CCC(c2ccnc3ccc(F)cc23)CC1. The van der Waals surface area contributed by atoms with Crippen molar-refractivity contribution in [2.45, 2.75) is 57.4 Å². The number of hydrogen-bond donors (Lipinski definition) is 2. The summed E-state index contributed by atoms with van der Waals surface area (Å²) in [6.45, 7) is 4.06. The summed E-state index contributed by atoms with van der Waals surface area (Å²) < 4.78 is 13.8. The van der Waals surface area contributed by atoms with Crippen molar-refractivity contribution < 1.29 is 9.18 Å². The van der Waals surface area contributed by atoms with Gasteiger partial charge in [-0.1, -0.05) is 6.92 Å². The minimum Gasteiger partial charge on any atom is -0.353 e. The van der Waals surface area contributed by atoms with Crippen LogP contribution in [0.4, 0.5) is 4.39 Å². The molecule has 1 saturated carbocycles. The maximum Gasteiger partial charge on any atom is 0.223 e. The Morgan fingerprint density at radius 3 is 2.64 bits per heavy atom. The lowest BCUT2D eigenvalue weighted by molar-refractivity contribution is -0.127. The number of nitrogens with zero attached hydrogens (tertiary/aromatic N) is 1. The van der Waals surface area contributed by atoms with Crippen LogP contribution in [0.5, 0.6) is 0 Å². The summed E-state index contributed by atoms with van der Waals surface area (Å²) >= 11 is 0. The number of amides is 1. The van der Waals surface area contributed by atoms with Gasteiger partial charge in [0.05, 0.1) is 5.52 Å². The molecule has 150 valence electrons. The number of carbonyl (C=O) groups excluding carboxylic acids is 1. The number of nitrogens with one attached hydrogen (secondary N) is 2. The first-order valence-corrected chi connectivity index (χ1v) is 10.7. The first-order chi connectivity index (χ1) is 13.6. The summed E-state index contributed by atoms with van der Waals surface area (Å²) in [5, 5.41) is 7.53. The van der Waals surface area contributed by atoms with Crippen molar-refractivity contribution >= 4 is 16.8 Å². The van der Waals surface area contributed by atoms with E-state index in [9.17, 15) is 9.18 Å². The molecule has 1 aromatic carbocycles. The third kappa shape index (κ3) is 4.19. The van der Waals surface area contributed by atoms with Crippen LogP contribution in [-0.4, -0.2) is 30.0 Å². The second kappa shape index (κ2) is 8.56. The van der Waals surface area contributed by atoms with Gasteiger partial charge in [0, 0.05) is 23.5 Å². The van der Waals surface area contributed by atoms with Gasteiger partial charge in [0.1, 0.15) is 5.82 Å². The van der Waals surface area contributed by atoms with Gasteiger partial charge in [-0.25, -0.2) is 4.39 Å². The highest BCUT2D eigenvalue weighted by atomic mass is 19.1. The number of aromatic nitrogens is 1.